The molecule has 1 aliphatic rings. The first kappa shape index (κ1) is 4.26. The van der Waals surface area contributed by atoms with Gasteiger partial charge in [-0.25, -0.2) is 0 Å². The molecule has 1 heterocycles. The molecule has 0 radical (unpaired) electrons. The van der Waals surface area contributed by atoms with E-state index in [4.69, 9.17) is 0 Å². The molecule has 0 spiro atoms. The molecular formula is C3H6N4. The second-order valence-corrected chi connectivity index (χ2v) is 1.07. The van der Waals surface area contributed by atoms with Crippen LogP contribution in [0.15, 0.2) is 23.1 Å². The minimum atomic E-state index is 0.562. The van der Waals surface area contributed by atoms with Crippen LogP contribution in [-0.4, -0.2) is 11.8 Å². The van der Waals surface area contributed by atoms with Gasteiger partial charge in [-0.15, -0.1) is 0 Å². The molecule has 0 aromatic heterocycles. The summed E-state index contributed by atoms with van der Waals surface area (Å²) in [6.07, 6.45) is 1.55. The Bertz CT molecular complexity index is 97.1. The van der Waals surface area contributed by atoms with E-state index in [9.17, 15) is 0 Å². The molecule has 0 aliphatic carbocycles. The summed E-state index contributed by atoms with van der Waals surface area (Å²) < 4.78 is 0. The third kappa shape index (κ3) is 0.747. The Balaban J connectivity index is 2.42. The van der Waals surface area contributed by atoms with Crippen molar-refractivity contribution in [1.82, 2.24) is 10.5 Å². The number of hydrazine groups is 1. The van der Waals surface area contributed by atoms with Crippen LogP contribution in [0.2, 0.25) is 0 Å². The molecule has 1 N–H and O–H groups in total. The van der Waals surface area contributed by atoms with E-state index in [0.29, 0.717) is 6.67 Å². The molecule has 0 bridgehead atoms. The Labute approximate surface area is 41.5 Å². The lowest BCUT2D eigenvalue weighted by Crippen LogP contribution is -2.22. The predicted molar refractivity (Wildman–Crippen MR) is 24.9 cm³/mol. The summed E-state index contributed by atoms with van der Waals surface area (Å²) in [4.78, 5) is 0. The van der Waals surface area contributed by atoms with Crippen molar-refractivity contribution < 1.29 is 0 Å². The van der Waals surface area contributed by atoms with E-state index in [2.05, 4.69) is 22.3 Å². The van der Waals surface area contributed by atoms with Gasteiger partial charge in [-0.3, -0.25) is 0 Å². The predicted octanol–water partition coefficient (Wildman–Crippen LogP) is 0.275. The average molecular weight is 98.1 g/mol. The Kier molecular flexibility index (Phi) is 1.04. The van der Waals surface area contributed by atoms with E-state index in [-0.39, 0.29) is 0 Å². The maximum atomic E-state index is 3.60. The highest BCUT2D eigenvalue weighted by Gasteiger charge is 1.96. The SMILES string of the molecule is C=CN1N=NCN1. The molecule has 1 rings (SSSR count). The molecule has 7 heavy (non-hydrogen) atoms. The minimum absolute atomic E-state index is 0.562. The largest absolute Gasteiger partial charge is 0.189 e. The first-order valence-electron chi connectivity index (χ1n) is 1.96. The third-order valence-electron chi connectivity index (χ3n) is 0.636. The van der Waals surface area contributed by atoms with Crippen LogP contribution in [0.25, 0.3) is 0 Å². The zero-order valence-corrected chi connectivity index (χ0v) is 3.83. The van der Waals surface area contributed by atoms with Gasteiger partial charge in [0.2, 0.25) is 0 Å². The molecule has 0 unspecified atom stereocenters. The van der Waals surface area contributed by atoms with E-state index in [1.54, 1.807) is 6.20 Å². The lowest BCUT2D eigenvalue weighted by molar-refractivity contribution is 0.331. The Morgan fingerprint density at radius 3 is 3.00 bits per heavy atom. The van der Waals surface area contributed by atoms with E-state index >= 15 is 0 Å². The van der Waals surface area contributed by atoms with Gasteiger partial charge in [-0.2, -0.15) is 15.7 Å². The number of nitrogens with zero attached hydrogens (tertiary/aromatic N) is 3. The molecule has 0 amide bonds. The maximum Gasteiger partial charge on any atom is 0.131 e. The lowest BCUT2D eigenvalue weighted by atomic mass is 11.0. The van der Waals surface area contributed by atoms with Crippen molar-refractivity contribution in [3.8, 4) is 0 Å². The highest BCUT2D eigenvalue weighted by Crippen LogP contribution is 1.90. The number of nitrogens with one attached hydrogen (secondary N) is 1. The van der Waals surface area contributed by atoms with Crippen LogP contribution in [0.1, 0.15) is 0 Å². The van der Waals surface area contributed by atoms with Crippen molar-refractivity contribution in [2.75, 3.05) is 6.67 Å². The van der Waals surface area contributed by atoms with Crippen LogP contribution in [0.4, 0.5) is 0 Å². The fourth-order valence-electron chi connectivity index (χ4n) is 0.337. The standard InChI is InChI=1S/C3H6N4/c1-2-7-5-3-4-6-7/h2,5H,1,3H2. The molecule has 0 atom stereocenters. The minimum Gasteiger partial charge on any atom is -0.189 e. The molecule has 4 nitrogen and oxygen atoms in total. The van der Waals surface area contributed by atoms with E-state index in [1.165, 1.54) is 5.12 Å². The highest BCUT2D eigenvalue weighted by molar-refractivity contribution is 4.62. The third-order valence-corrected chi connectivity index (χ3v) is 0.636. The first-order valence-corrected chi connectivity index (χ1v) is 1.96. The molecule has 1 aliphatic heterocycles. The van der Waals surface area contributed by atoms with Gasteiger partial charge in [0, 0.05) is 6.20 Å². The van der Waals surface area contributed by atoms with Gasteiger partial charge >= 0.3 is 0 Å². The van der Waals surface area contributed by atoms with Crippen molar-refractivity contribution in [3.05, 3.63) is 12.8 Å². The summed E-state index contributed by atoms with van der Waals surface area (Å²) in [5, 5.41) is 8.65. The average Bonchev–Trinajstić information content (AvgIpc) is 2.14. The number of hydrogen-bond acceptors (Lipinski definition) is 4. The van der Waals surface area contributed by atoms with Crippen molar-refractivity contribution >= 4 is 0 Å². The Hall–Kier alpha value is -0.900. The first-order chi connectivity index (χ1) is 3.43. The van der Waals surface area contributed by atoms with Crippen LogP contribution in [0.5, 0.6) is 0 Å². The molecule has 4 heteroatoms. The van der Waals surface area contributed by atoms with Crippen LogP contribution in [-0.2, 0) is 0 Å². The van der Waals surface area contributed by atoms with Crippen molar-refractivity contribution in [2.45, 2.75) is 0 Å². The van der Waals surface area contributed by atoms with E-state index in [1.807, 2.05) is 0 Å². The lowest BCUT2D eigenvalue weighted by Gasteiger charge is -2.00. The van der Waals surface area contributed by atoms with Crippen molar-refractivity contribution in [2.24, 2.45) is 10.3 Å². The zero-order valence-electron chi connectivity index (χ0n) is 3.83. The Morgan fingerprint density at radius 2 is 2.71 bits per heavy atom. The molecular weight excluding hydrogens is 92.1 g/mol. The van der Waals surface area contributed by atoms with E-state index < -0.39 is 0 Å². The van der Waals surface area contributed by atoms with Crippen LogP contribution < -0.4 is 5.43 Å². The molecule has 0 saturated heterocycles. The van der Waals surface area contributed by atoms with Crippen molar-refractivity contribution in [1.29, 1.82) is 0 Å². The molecule has 0 aromatic rings. The molecule has 38 valence electrons. The summed E-state index contributed by atoms with van der Waals surface area (Å²) in [5.74, 6) is 0. The van der Waals surface area contributed by atoms with Gasteiger partial charge in [0.25, 0.3) is 0 Å². The van der Waals surface area contributed by atoms with Gasteiger partial charge in [0.15, 0.2) is 0 Å². The summed E-state index contributed by atoms with van der Waals surface area (Å²) in [6.45, 7) is 4.01. The van der Waals surface area contributed by atoms with Crippen molar-refractivity contribution in [3.63, 3.8) is 0 Å². The Morgan fingerprint density at radius 1 is 1.86 bits per heavy atom. The molecule has 0 aromatic carbocycles. The van der Waals surface area contributed by atoms with Gasteiger partial charge < -0.3 is 0 Å². The summed E-state index contributed by atoms with van der Waals surface area (Å²) >= 11 is 0. The fraction of sp³-hybridized carbons (Fsp3) is 0.333. The summed E-state index contributed by atoms with van der Waals surface area (Å²) in [7, 11) is 0. The monoisotopic (exact) mass is 98.1 g/mol. The van der Waals surface area contributed by atoms with Gasteiger partial charge in [-0.05, 0) is 0 Å². The second-order valence-electron chi connectivity index (χ2n) is 1.07. The normalized spacial score (nSPS) is 18.0. The van der Waals surface area contributed by atoms with E-state index in [0.717, 1.165) is 0 Å². The van der Waals surface area contributed by atoms with Gasteiger partial charge in [-0.1, -0.05) is 11.8 Å². The van der Waals surface area contributed by atoms with Crippen LogP contribution in [0.3, 0.4) is 0 Å². The van der Waals surface area contributed by atoms with Gasteiger partial charge in [0.05, 0.1) is 0 Å². The highest BCUT2D eigenvalue weighted by atomic mass is 15.8. The number of hydrogen-bond donors (Lipinski definition) is 1. The summed E-state index contributed by atoms with van der Waals surface area (Å²) in [6, 6.07) is 0. The van der Waals surface area contributed by atoms with Crippen LogP contribution in [0, 0.1) is 0 Å². The molecule has 0 saturated carbocycles. The second kappa shape index (κ2) is 1.70. The molecule has 0 fully saturated rings. The van der Waals surface area contributed by atoms with Gasteiger partial charge in [0.1, 0.15) is 6.67 Å². The smallest absolute Gasteiger partial charge is 0.131 e. The fourth-order valence-corrected chi connectivity index (χ4v) is 0.337. The maximum absolute atomic E-state index is 3.60. The zero-order chi connectivity index (χ0) is 5.11. The topological polar surface area (TPSA) is 40.0 Å². The summed E-state index contributed by atoms with van der Waals surface area (Å²) in [5.41, 5.74) is 2.79. The number of rotatable bonds is 1. The quantitative estimate of drug-likeness (QED) is 0.511. The van der Waals surface area contributed by atoms with Crippen LogP contribution >= 0.6 is 0 Å².